The number of ketones is 1. The lowest BCUT2D eigenvalue weighted by Crippen LogP contribution is -2.61. The molecule has 28 heteroatoms. The predicted molar refractivity (Wildman–Crippen MR) is 348 cm³/mol. The van der Waals surface area contributed by atoms with Crippen molar-refractivity contribution in [2.45, 2.75) is 246 Å². The number of methoxy groups -OCH3 is 1. The van der Waals surface area contributed by atoms with Gasteiger partial charge in [-0.3, -0.25) is 33.7 Å². The lowest BCUT2D eigenvalue weighted by Gasteiger charge is -2.47. The van der Waals surface area contributed by atoms with Crippen LogP contribution < -0.4 is 32.3 Å². The number of imide groups is 1. The number of nitrogens with two attached hydrogens (primary N) is 1. The molecule has 12 rings (SSSR count). The molecule has 0 saturated carbocycles. The first-order valence-electron chi connectivity index (χ1n) is 35.1. The van der Waals surface area contributed by atoms with Crippen molar-refractivity contribution >= 4 is 53.1 Å². The second-order valence-corrected chi connectivity index (χ2v) is 28.3. The van der Waals surface area contributed by atoms with Crippen LogP contribution in [0.1, 0.15) is 129 Å². The molecule has 2 unspecified atom stereocenters. The predicted octanol–water partition coefficient (Wildman–Crippen LogP) is 3.77. The fraction of sp³-hybridized carbons (Fsp3) is 0.714. The number of aliphatic hydroxyl groups is 1. The number of benzene rings is 1. The van der Waals surface area contributed by atoms with Crippen molar-refractivity contribution in [3.05, 3.63) is 66.3 Å². The van der Waals surface area contributed by atoms with Gasteiger partial charge in [-0.15, -0.1) is 0 Å². The Morgan fingerprint density at radius 2 is 1.46 bits per heavy atom. The van der Waals surface area contributed by atoms with Crippen LogP contribution in [0.5, 0.6) is 0 Å². The number of ether oxygens (including phenoxy) is 12. The minimum atomic E-state index is -1.11. The molecule has 21 atom stereocenters. The number of fused-ring (bicyclic) bond motifs is 6. The lowest BCUT2D eigenvalue weighted by atomic mass is 9.81. The van der Waals surface area contributed by atoms with E-state index in [4.69, 9.17) is 62.6 Å². The van der Waals surface area contributed by atoms with Gasteiger partial charge in [0.25, 0.3) is 11.8 Å². The first-order valence-corrected chi connectivity index (χ1v) is 35.1. The molecule has 1 aromatic rings. The van der Waals surface area contributed by atoms with Crippen LogP contribution in [0.3, 0.4) is 0 Å². The van der Waals surface area contributed by atoms with Gasteiger partial charge in [0.1, 0.15) is 55.0 Å². The number of nitrogens with zero attached hydrogens (tertiary/aromatic N) is 1. The summed E-state index contributed by atoms with van der Waals surface area (Å²) >= 11 is 0. The van der Waals surface area contributed by atoms with Crippen molar-refractivity contribution in [3.8, 4) is 0 Å². The quantitative estimate of drug-likeness (QED) is 0.0394. The normalized spacial score (nSPS) is 34.4. The Labute approximate surface area is 571 Å². The van der Waals surface area contributed by atoms with Crippen LogP contribution >= 0.6 is 0 Å². The first-order chi connectivity index (χ1) is 47.1. The average Bonchev–Trinajstić information content (AvgIpc) is 1.55. The number of urea groups is 1. The molecule has 10 saturated heterocycles. The Morgan fingerprint density at radius 1 is 0.745 bits per heavy atom. The van der Waals surface area contributed by atoms with Gasteiger partial charge in [-0.2, -0.15) is 0 Å². The highest BCUT2D eigenvalue weighted by molar-refractivity contribution is 6.12. The van der Waals surface area contributed by atoms with Gasteiger partial charge in [-0.1, -0.05) is 46.1 Å². The third-order valence-corrected chi connectivity index (χ3v) is 20.9. The van der Waals surface area contributed by atoms with E-state index >= 15 is 0 Å². The van der Waals surface area contributed by atoms with Crippen LogP contribution in [-0.4, -0.2) is 226 Å². The van der Waals surface area contributed by atoms with Gasteiger partial charge in [0.05, 0.1) is 100 Å². The van der Waals surface area contributed by atoms with E-state index in [1.807, 2.05) is 0 Å². The zero-order valence-corrected chi connectivity index (χ0v) is 56.6. The maximum absolute atomic E-state index is 14.5. The Hall–Kier alpha value is -6.28. The summed E-state index contributed by atoms with van der Waals surface area (Å²) in [7, 11) is 1.58. The van der Waals surface area contributed by atoms with Crippen LogP contribution in [0.25, 0.3) is 0 Å². The van der Waals surface area contributed by atoms with Crippen molar-refractivity contribution < 1.29 is 100 Å². The van der Waals surface area contributed by atoms with E-state index in [1.54, 1.807) is 45.2 Å². The van der Waals surface area contributed by atoms with Crippen LogP contribution in [0, 0.1) is 17.8 Å². The van der Waals surface area contributed by atoms with E-state index < -0.39 is 102 Å². The standard InChI is InChI=1S/C70H99N7O21/c1-37(2)59(76-56(80)20-24-88-26-27-89-25-23-77-57(81)17-18-58(77)82)67(84)75-49(8-7-22-72-68(71)85)66(83)74-42-11-9-41(10-12-42)36-90-69(86)73-35-44(79)32-54-60(87-6)48-31-43(78)30-46-14-16-51-61(93-46)65-64-63(95-51)62-55(96-64)34-70(97-62,98-65)21-19-47-29-39(4)50(91-47)15-13-45-28-38(3)40(5)52(92-45)33-53(48)94-54/h9-12,17-18,37-38,44-55,59-65,79H,4-5,7-8,13-16,19-36H2,1-3,6H3,(H,73,86)(H,74,83)(H,75,84)(H,76,80)(H3,71,72,85)/t38-,44+,45+,46-,47+,48+,49+,50?,51+,52?,53+,54-,55-,59+,60-,61+,62+,63+,64-,65+,70+/m1/s1. The molecule has 28 nitrogen and oxygen atoms in total. The molecular formula is C70H99N7O21. The molecule has 1 aromatic carbocycles. The first kappa shape index (κ1) is 73.0. The third kappa shape index (κ3) is 18.1. The van der Waals surface area contributed by atoms with Gasteiger partial charge in [-0.05, 0) is 98.5 Å². The Morgan fingerprint density at radius 3 is 2.21 bits per heavy atom. The second-order valence-electron chi connectivity index (χ2n) is 28.3. The largest absolute Gasteiger partial charge is 0.445 e. The number of hydrogen-bond acceptors (Lipinski definition) is 21. The molecule has 12 bridgehead atoms. The fourth-order valence-corrected chi connectivity index (χ4v) is 15.7. The van der Waals surface area contributed by atoms with Gasteiger partial charge in [0.2, 0.25) is 17.7 Å². The van der Waals surface area contributed by atoms with E-state index in [9.17, 15) is 43.5 Å². The maximum Gasteiger partial charge on any atom is 0.407 e. The van der Waals surface area contributed by atoms with Crippen molar-refractivity contribution in [2.75, 3.05) is 58.5 Å². The maximum atomic E-state index is 14.5. The number of hydrogen-bond donors (Lipinski definition) is 7. The summed E-state index contributed by atoms with van der Waals surface area (Å²) in [5, 5.41) is 25.0. The Balaban J connectivity index is 0.658. The minimum Gasteiger partial charge on any atom is -0.445 e. The summed E-state index contributed by atoms with van der Waals surface area (Å²) < 4.78 is 77.3. The van der Waals surface area contributed by atoms with E-state index in [0.717, 1.165) is 48.2 Å². The van der Waals surface area contributed by atoms with Crippen LogP contribution in [0.4, 0.5) is 15.3 Å². The SMILES string of the molecule is C=C1C[C@@H]2CC[C@@]34C[C@H]5O[C@H]6[C@@H](O3)[C@H]3O[C@H](CC[C@@H]3O[C@H]6[C@H]5O4)CC(=O)C[C@@H]3[C@@H](OC)[C@@H](C[C@H](O)CNC(=O)OCc4ccc(NC(=O)[C@H](CCCNC(N)=O)NC(=O)[C@@H](NC(=O)CCOCCOCCN5C(=O)C=CC5=O)C(C)C)cc4)O[C@H]3CC3O[C@@H](CCC1O2)C[C@@H](C)C3=C. The van der Waals surface area contributed by atoms with Crippen molar-refractivity contribution in [2.24, 2.45) is 23.5 Å². The molecule has 8 amide bonds. The number of amides is 8. The Kier molecular flexibility index (Phi) is 24.6. The summed E-state index contributed by atoms with van der Waals surface area (Å²) in [4.78, 5) is 104. The number of primary amides is 1. The summed E-state index contributed by atoms with van der Waals surface area (Å²) in [6.45, 7) is 14.9. The molecule has 98 heavy (non-hydrogen) atoms. The van der Waals surface area contributed by atoms with Gasteiger partial charge in [-0.25, -0.2) is 9.59 Å². The highest BCUT2D eigenvalue weighted by atomic mass is 16.8. The van der Waals surface area contributed by atoms with Crippen LogP contribution in [0.2, 0.25) is 0 Å². The molecule has 11 aliphatic heterocycles. The minimum absolute atomic E-state index is 0.00733. The summed E-state index contributed by atoms with van der Waals surface area (Å²) in [5.41, 5.74) is 8.22. The smallest absolute Gasteiger partial charge is 0.407 e. The van der Waals surface area contributed by atoms with E-state index in [2.05, 4.69) is 46.7 Å². The zero-order chi connectivity index (χ0) is 69.4. The molecule has 0 aliphatic carbocycles. The number of rotatable bonds is 26. The molecular weight excluding hydrogens is 1270 g/mol. The van der Waals surface area contributed by atoms with Crippen molar-refractivity contribution in [1.82, 2.24) is 26.2 Å². The zero-order valence-electron chi connectivity index (χ0n) is 56.6. The molecule has 11 aliphatic rings. The number of nitrogens with one attached hydrogen (secondary N) is 5. The van der Waals surface area contributed by atoms with Gasteiger partial charge in [0, 0.05) is 88.9 Å². The van der Waals surface area contributed by atoms with E-state index in [-0.39, 0.29) is 170 Å². The topological polar surface area (TPSA) is 357 Å². The number of Topliss-reactive ketones (excluding diaryl/α,β-unsaturated/α-hetero) is 1. The highest BCUT2D eigenvalue weighted by Crippen LogP contribution is 2.54. The fourth-order valence-electron chi connectivity index (χ4n) is 15.7. The molecule has 10 fully saturated rings. The molecule has 11 heterocycles. The number of anilines is 1. The number of alkyl carbamates (subject to hydrolysis) is 1. The number of carbonyl (C=O) groups is 8. The number of aliphatic hydroxyl groups excluding tert-OH is 1. The monoisotopic (exact) mass is 1370 g/mol. The number of carbonyl (C=O) groups excluding carboxylic acids is 8. The van der Waals surface area contributed by atoms with Crippen molar-refractivity contribution in [3.63, 3.8) is 0 Å². The average molecular weight is 1370 g/mol. The van der Waals surface area contributed by atoms with E-state index in [1.165, 1.54) is 12.2 Å². The molecule has 540 valence electrons. The molecule has 8 N–H and O–H groups in total. The van der Waals surface area contributed by atoms with Crippen molar-refractivity contribution in [1.29, 1.82) is 0 Å². The van der Waals surface area contributed by atoms with Crippen LogP contribution in [0.15, 0.2) is 60.7 Å². The molecule has 0 radical (unpaired) electrons. The third-order valence-electron chi connectivity index (χ3n) is 20.9. The van der Waals surface area contributed by atoms with Gasteiger partial charge >= 0.3 is 12.1 Å². The molecule has 1 spiro atoms. The second kappa shape index (κ2) is 33.0. The molecule has 0 aromatic heterocycles. The summed E-state index contributed by atoms with van der Waals surface area (Å²) in [6.07, 6.45) is 3.08. The highest BCUT2D eigenvalue weighted by Gasteiger charge is 2.69. The van der Waals surface area contributed by atoms with Gasteiger partial charge < -0.3 is 94.3 Å². The lowest BCUT2D eigenvalue weighted by molar-refractivity contribution is -0.292. The summed E-state index contributed by atoms with van der Waals surface area (Å²) in [6, 6.07) is 3.60. The summed E-state index contributed by atoms with van der Waals surface area (Å²) in [5.74, 6) is -3.98. The van der Waals surface area contributed by atoms with Crippen LogP contribution in [-0.2, 0) is 92.2 Å². The van der Waals surface area contributed by atoms with Gasteiger partial charge in [0.15, 0.2) is 5.79 Å². The van der Waals surface area contributed by atoms with E-state index in [0.29, 0.717) is 43.4 Å². The Bertz CT molecular complexity index is 3060.